The van der Waals surface area contributed by atoms with Gasteiger partial charge in [-0.3, -0.25) is 0 Å². The van der Waals surface area contributed by atoms with Crippen LogP contribution < -0.4 is 5.32 Å². The van der Waals surface area contributed by atoms with Crippen molar-refractivity contribution in [1.82, 2.24) is 5.32 Å². The zero-order chi connectivity index (χ0) is 11.3. The van der Waals surface area contributed by atoms with Gasteiger partial charge >= 0.3 is 5.97 Å². The van der Waals surface area contributed by atoms with Crippen molar-refractivity contribution in [2.75, 3.05) is 33.5 Å². The Kier molecular flexibility index (Phi) is 4.50. The molecule has 0 radical (unpaired) electrons. The first-order valence-electron chi connectivity index (χ1n) is 5.18. The van der Waals surface area contributed by atoms with Gasteiger partial charge < -0.3 is 19.5 Å². The third kappa shape index (κ3) is 3.15. The average molecular weight is 217 g/mol. The molecule has 0 aromatic carbocycles. The lowest BCUT2D eigenvalue weighted by atomic mass is 10.0. The Morgan fingerprint density at radius 3 is 2.67 bits per heavy atom. The molecule has 0 amide bonds. The first kappa shape index (κ1) is 12.4. The van der Waals surface area contributed by atoms with Gasteiger partial charge in [-0.15, -0.1) is 0 Å². The van der Waals surface area contributed by atoms with Crippen molar-refractivity contribution in [2.45, 2.75) is 25.5 Å². The number of carbonyl (C=O) groups excluding carboxylic acids is 1. The molecule has 0 spiro atoms. The molecule has 0 aromatic rings. The molecule has 15 heavy (non-hydrogen) atoms. The zero-order valence-corrected chi connectivity index (χ0v) is 9.54. The fraction of sp³-hybridized carbons (Fsp3) is 0.900. The normalized spacial score (nSPS) is 20.5. The van der Waals surface area contributed by atoms with Crippen LogP contribution in [0.5, 0.6) is 0 Å². The summed E-state index contributed by atoms with van der Waals surface area (Å²) in [5.74, 6) is -0.284. The molecule has 0 bridgehead atoms. The van der Waals surface area contributed by atoms with Gasteiger partial charge in [0.15, 0.2) is 0 Å². The van der Waals surface area contributed by atoms with E-state index in [1.54, 1.807) is 20.9 Å². The lowest BCUT2D eigenvalue weighted by molar-refractivity contribution is -0.164. The predicted octanol–water partition coefficient (Wildman–Crippen LogP) is -0.0570. The molecular weight excluding hydrogens is 198 g/mol. The maximum atomic E-state index is 11.6. The van der Waals surface area contributed by atoms with E-state index in [4.69, 9.17) is 14.2 Å². The van der Waals surface area contributed by atoms with E-state index in [2.05, 4.69) is 5.32 Å². The molecule has 1 aliphatic rings. The van der Waals surface area contributed by atoms with Crippen molar-refractivity contribution in [3.05, 3.63) is 0 Å². The molecule has 0 aromatic heterocycles. The molecule has 5 heteroatoms. The summed E-state index contributed by atoms with van der Waals surface area (Å²) in [6, 6.07) is 0. The topological polar surface area (TPSA) is 56.8 Å². The summed E-state index contributed by atoms with van der Waals surface area (Å²) in [7, 11) is 1.72. The van der Waals surface area contributed by atoms with E-state index in [0.29, 0.717) is 26.4 Å². The molecular formula is C10H19NO4. The largest absolute Gasteiger partial charge is 0.465 e. The van der Waals surface area contributed by atoms with Crippen molar-refractivity contribution in [3.63, 3.8) is 0 Å². The van der Waals surface area contributed by atoms with E-state index in [9.17, 15) is 4.79 Å². The van der Waals surface area contributed by atoms with Crippen molar-refractivity contribution in [3.8, 4) is 0 Å². The van der Waals surface area contributed by atoms with Gasteiger partial charge in [-0.1, -0.05) is 0 Å². The van der Waals surface area contributed by atoms with Crippen LogP contribution in [-0.2, 0) is 19.0 Å². The average Bonchev–Trinajstić information content (AvgIpc) is 2.15. The highest BCUT2D eigenvalue weighted by Crippen LogP contribution is 2.12. The highest BCUT2D eigenvalue weighted by molar-refractivity contribution is 5.80. The fourth-order valence-corrected chi connectivity index (χ4v) is 1.12. The number of hydrogen-bond acceptors (Lipinski definition) is 5. The SMILES string of the molecule is CCOC(=O)C(C)(COC1COC1)NC. The van der Waals surface area contributed by atoms with Crippen molar-refractivity contribution in [1.29, 1.82) is 0 Å². The Balaban J connectivity index is 2.39. The van der Waals surface area contributed by atoms with Crippen LogP contribution >= 0.6 is 0 Å². The van der Waals surface area contributed by atoms with Crippen molar-refractivity contribution < 1.29 is 19.0 Å². The molecule has 0 saturated carbocycles. The second kappa shape index (κ2) is 5.44. The number of ether oxygens (including phenoxy) is 3. The summed E-state index contributed by atoms with van der Waals surface area (Å²) in [6.07, 6.45) is 0.118. The van der Waals surface area contributed by atoms with Gasteiger partial charge in [-0.25, -0.2) is 4.79 Å². The number of likely N-dealkylation sites (N-methyl/N-ethyl adjacent to an activating group) is 1. The van der Waals surface area contributed by atoms with Crippen LogP contribution in [0.15, 0.2) is 0 Å². The summed E-state index contributed by atoms with van der Waals surface area (Å²) in [5, 5.41) is 2.93. The van der Waals surface area contributed by atoms with E-state index < -0.39 is 5.54 Å². The van der Waals surface area contributed by atoms with Crippen LogP contribution in [0.25, 0.3) is 0 Å². The molecule has 1 saturated heterocycles. The standard InChI is InChI=1S/C10H19NO4/c1-4-14-9(12)10(2,11-3)7-15-8-5-13-6-8/h8,11H,4-7H2,1-3H3. The summed E-state index contributed by atoms with van der Waals surface area (Å²) in [6.45, 7) is 5.46. The minimum atomic E-state index is -0.772. The summed E-state index contributed by atoms with van der Waals surface area (Å²) < 4.78 is 15.5. The van der Waals surface area contributed by atoms with Crippen LogP contribution in [0.3, 0.4) is 0 Å². The lowest BCUT2D eigenvalue weighted by Crippen LogP contribution is -2.54. The number of esters is 1. The van der Waals surface area contributed by atoms with Gasteiger partial charge in [0.2, 0.25) is 0 Å². The quantitative estimate of drug-likeness (QED) is 0.632. The molecule has 1 atom stereocenters. The molecule has 88 valence electrons. The molecule has 1 fully saturated rings. The maximum Gasteiger partial charge on any atom is 0.328 e. The third-order valence-corrected chi connectivity index (χ3v) is 2.49. The van der Waals surface area contributed by atoms with E-state index in [1.807, 2.05) is 0 Å². The molecule has 0 aliphatic carbocycles. The maximum absolute atomic E-state index is 11.6. The smallest absolute Gasteiger partial charge is 0.328 e. The van der Waals surface area contributed by atoms with E-state index in [-0.39, 0.29) is 12.1 Å². The Morgan fingerprint density at radius 1 is 1.60 bits per heavy atom. The number of nitrogens with one attached hydrogen (secondary N) is 1. The van der Waals surface area contributed by atoms with E-state index >= 15 is 0 Å². The van der Waals surface area contributed by atoms with Gasteiger partial charge in [0.25, 0.3) is 0 Å². The lowest BCUT2D eigenvalue weighted by Gasteiger charge is -2.32. The second-order valence-corrected chi connectivity index (χ2v) is 3.77. The third-order valence-electron chi connectivity index (χ3n) is 2.49. The van der Waals surface area contributed by atoms with Crippen LogP contribution in [0.1, 0.15) is 13.8 Å². The number of carbonyl (C=O) groups is 1. The molecule has 1 unspecified atom stereocenters. The second-order valence-electron chi connectivity index (χ2n) is 3.77. The minimum absolute atomic E-state index is 0.118. The van der Waals surface area contributed by atoms with Gasteiger partial charge in [-0.2, -0.15) is 0 Å². The van der Waals surface area contributed by atoms with E-state index in [0.717, 1.165) is 0 Å². The first-order chi connectivity index (χ1) is 7.12. The molecule has 1 aliphatic heterocycles. The van der Waals surface area contributed by atoms with Gasteiger partial charge in [-0.05, 0) is 20.9 Å². The minimum Gasteiger partial charge on any atom is -0.465 e. The van der Waals surface area contributed by atoms with E-state index in [1.165, 1.54) is 0 Å². The Bertz CT molecular complexity index is 217. The van der Waals surface area contributed by atoms with Crippen LogP contribution in [0.4, 0.5) is 0 Å². The Labute approximate surface area is 90.1 Å². The molecule has 5 nitrogen and oxygen atoms in total. The number of hydrogen-bond donors (Lipinski definition) is 1. The predicted molar refractivity (Wildman–Crippen MR) is 54.7 cm³/mol. The highest BCUT2D eigenvalue weighted by Gasteiger charge is 2.35. The monoisotopic (exact) mass is 217 g/mol. The summed E-state index contributed by atoms with van der Waals surface area (Å²) in [5.41, 5.74) is -0.772. The Morgan fingerprint density at radius 2 is 2.27 bits per heavy atom. The zero-order valence-electron chi connectivity index (χ0n) is 9.54. The molecule has 1 heterocycles. The fourth-order valence-electron chi connectivity index (χ4n) is 1.12. The van der Waals surface area contributed by atoms with Gasteiger partial charge in [0, 0.05) is 0 Å². The summed E-state index contributed by atoms with van der Waals surface area (Å²) in [4.78, 5) is 11.6. The van der Waals surface area contributed by atoms with Crippen LogP contribution in [0.2, 0.25) is 0 Å². The molecule has 1 N–H and O–H groups in total. The van der Waals surface area contributed by atoms with Crippen molar-refractivity contribution in [2.24, 2.45) is 0 Å². The number of rotatable bonds is 6. The van der Waals surface area contributed by atoms with Gasteiger partial charge in [0.1, 0.15) is 11.6 Å². The van der Waals surface area contributed by atoms with Gasteiger partial charge in [0.05, 0.1) is 26.4 Å². The Hall–Kier alpha value is -0.650. The van der Waals surface area contributed by atoms with Crippen LogP contribution in [0, 0.1) is 0 Å². The van der Waals surface area contributed by atoms with Crippen molar-refractivity contribution >= 4 is 5.97 Å². The first-order valence-corrected chi connectivity index (χ1v) is 5.18. The highest BCUT2D eigenvalue weighted by atomic mass is 16.6. The van der Waals surface area contributed by atoms with Crippen LogP contribution in [-0.4, -0.2) is 51.1 Å². The summed E-state index contributed by atoms with van der Waals surface area (Å²) >= 11 is 0. The molecule has 1 rings (SSSR count).